The zero-order chi connectivity index (χ0) is 20.5. The van der Waals surface area contributed by atoms with Crippen LogP contribution in [0.3, 0.4) is 0 Å². The van der Waals surface area contributed by atoms with Crippen molar-refractivity contribution in [1.29, 1.82) is 5.26 Å². The number of thioether (sulfide) groups is 1. The number of hydrogen-bond acceptors (Lipinski definition) is 8. The lowest BCUT2D eigenvalue weighted by Crippen LogP contribution is -2.25. The molecule has 9 heteroatoms. The van der Waals surface area contributed by atoms with Gasteiger partial charge in [0.1, 0.15) is 11.8 Å². The van der Waals surface area contributed by atoms with Gasteiger partial charge in [-0.2, -0.15) is 5.26 Å². The number of aliphatic hydroxyl groups excluding tert-OH is 1. The summed E-state index contributed by atoms with van der Waals surface area (Å²) in [5.41, 5.74) is 1.49. The van der Waals surface area contributed by atoms with Crippen LogP contribution >= 0.6 is 23.1 Å². The number of nitrogens with one attached hydrogen (secondary N) is 2. The number of amides is 1. The molecule has 0 aliphatic rings. The maximum absolute atomic E-state index is 12.2. The van der Waals surface area contributed by atoms with Gasteiger partial charge in [0.15, 0.2) is 9.91 Å². The maximum Gasteiger partial charge on any atom is 0.265 e. The number of rotatable bonds is 8. The van der Waals surface area contributed by atoms with Crippen LogP contribution in [0.4, 0.5) is 10.8 Å². The number of nitriles is 1. The predicted molar refractivity (Wildman–Crippen MR) is 114 cm³/mol. The number of aliphatic hydroxyl groups is 1. The van der Waals surface area contributed by atoms with E-state index >= 15 is 0 Å². The van der Waals surface area contributed by atoms with E-state index in [0.717, 1.165) is 11.3 Å². The lowest BCUT2D eigenvalue weighted by atomic mass is 10.2. The Labute approximate surface area is 176 Å². The van der Waals surface area contributed by atoms with Crippen molar-refractivity contribution in [3.8, 4) is 6.07 Å². The zero-order valence-electron chi connectivity index (χ0n) is 15.2. The van der Waals surface area contributed by atoms with Crippen molar-refractivity contribution >= 4 is 39.8 Å². The Morgan fingerprint density at radius 1 is 1.10 bits per heavy atom. The summed E-state index contributed by atoms with van der Waals surface area (Å²) in [6.07, 6.45) is 0. The second-order valence-electron chi connectivity index (χ2n) is 5.75. The third-order valence-corrected chi connectivity index (χ3v) is 5.67. The van der Waals surface area contributed by atoms with Crippen LogP contribution in [0.1, 0.15) is 5.56 Å². The second kappa shape index (κ2) is 10.3. The average Bonchev–Trinajstić information content (AvgIpc) is 3.20. The van der Waals surface area contributed by atoms with Gasteiger partial charge in [-0.3, -0.25) is 4.79 Å². The van der Waals surface area contributed by atoms with E-state index in [-0.39, 0.29) is 23.6 Å². The van der Waals surface area contributed by atoms with Crippen LogP contribution in [0.25, 0.3) is 0 Å². The van der Waals surface area contributed by atoms with Crippen LogP contribution in [0.2, 0.25) is 0 Å². The van der Waals surface area contributed by atoms with Crippen molar-refractivity contribution in [2.45, 2.75) is 10.9 Å². The Hall–Kier alpha value is -3.35. The van der Waals surface area contributed by atoms with Crippen LogP contribution in [-0.2, 0) is 11.3 Å². The molecule has 3 N–H and O–H groups in total. The van der Waals surface area contributed by atoms with E-state index in [1.54, 1.807) is 6.07 Å². The van der Waals surface area contributed by atoms with Crippen LogP contribution in [0, 0.1) is 11.3 Å². The summed E-state index contributed by atoms with van der Waals surface area (Å²) in [6, 6.07) is 20.7. The van der Waals surface area contributed by atoms with E-state index < -0.39 is 5.91 Å². The summed E-state index contributed by atoms with van der Waals surface area (Å²) in [6.45, 7) is 0.274. The predicted octanol–water partition coefficient (Wildman–Crippen LogP) is 4.03. The molecule has 0 aliphatic heterocycles. The SMILES string of the molecule is N#CC(C(=O)NCc1ccccc1)=C(O)CSc1nnc(Nc2ccccc2)s1. The molecule has 0 spiro atoms. The molecular weight excluding hydrogens is 406 g/mol. The van der Waals surface area contributed by atoms with Gasteiger partial charge in [0, 0.05) is 12.2 Å². The number of nitrogens with zero attached hydrogens (tertiary/aromatic N) is 3. The Morgan fingerprint density at radius 2 is 1.79 bits per heavy atom. The fourth-order valence-electron chi connectivity index (χ4n) is 2.28. The highest BCUT2D eigenvalue weighted by molar-refractivity contribution is 8.01. The van der Waals surface area contributed by atoms with E-state index in [0.29, 0.717) is 9.47 Å². The Bertz CT molecular complexity index is 1030. The van der Waals surface area contributed by atoms with E-state index in [2.05, 4.69) is 20.8 Å². The number of anilines is 2. The molecule has 29 heavy (non-hydrogen) atoms. The molecule has 0 radical (unpaired) electrons. The van der Waals surface area contributed by atoms with Gasteiger partial charge in [0.2, 0.25) is 5.13 Å². The van der Waals surface area contributed by atoms with Gasteiger partial charge >= 0.3 is 0 Å². The molecule has 146 valence electrons. The summed E-state index contributed by atoms with van der Waals surface area (Å²) in [5, 5.41) is 33.9. The highest BCUT2D eigenvalue weighted by atomic mass is 32.2. The number of para-hydroxylation sites is 1. The fraction of sp³-hybridized carbons (Fsp3) is 0.100. The fourth-order valence-corrected chi connectivity index (χ4v) is 3.93. The Kier molecular flexibility index (Phi) is 7.22. The van der Waals surface area contributed by atoms with Crippen molar-refractivity contribution < 1.29 is 9.90 Å². The summed E-state index contributed by atoms with van der Waals surface area (Å²) in [4.78, 5) is 12.2. The topological polar surface area (TPSA) is 111 Å². The minimum atomic E-state index is -0.613. The highest BCUT2D eigenvalue weighted by Gasteiger charge is 2.16. The number of carbonyl (C=O) groups excluding carboxylic acids is 1. The molecule has 3 rings (SSSR count). The van der Waals surface area contributed by atoms with Crippen molar-refractivity contribution in [2.24, 2.45) is 0 Å². The van der Waals surface area contributed by atoms with Gasteiger partial charge < -0.3 is 15.7 Å². The molecule has 0 bridgehead atoms. The van der Waals surface area contributed by atoms with E-state index in [9.17, 15) is 15.2 Å². The second-order valence-corrected chi connectivity index (χ2v) is 7.95. The van der Waals surface area contributed by atoms with Crippen molar-refractivity contribution in [1.82, 2.24) is 15.5 Å². The molecule has 2 aromatic carbocycles. The minimum Gasteiger partial charge on any atom is -0.510 e. The number of carbonyl (C=O) groups is 1. The van der Waals surface area contributed by atoms with Crippen molar-refractivity contribution in [2.75, 3.05) is 11.1 Å². The molecule has 0 saturated carbocycles. The Morgan fingerprint density at radius 3 is 2.48 bits per heavy atom. The van der Waals surface area contributed by atoms with Gasteiger partial charge in [0.05, 0.1) is 5.75 Å². The molecule has 0 aliphatic carbocycles. The zero-order valence-corrected chi connectivity index (χ0v) is 16.8. The van der Waals surface area contributed by atoms with Crippen molar-refractivity contribution in [3.05, 3.63) is 77.6 Å². The molecule has 3 aromatic rings. The molecule has 0 atom stereocenters. The number of aromatic nitrogens is 2. The largest absolute Gasteiger partial charge is 0.510 e. The van der Waals surface area contributed by atoms with Crippen LogP contribution in [0.15, 0.2) is 76.3 Å². The van der Waals surface area contributed by atoms with Gasteiger partial charge in [0.25, 0.3) is 5.91 Å². The number of benzene rings is 2. The highest BCUT2D eigenvalue weighted by Crippen LogP contribution is 2.28. The first-order chi connectivity index (χ1) is 14.2. The summed E-state index contributed by atoms with van der Waals surface area (Å²) in [5.74, 6) is -0.865. The molecule has 1 aromatic heterocycles. The van der Waals surface area contributed by atoms with E-state index in [4.69, 9.17) is 0 Å². The van der Waals surface area contributed by atoms with Crippen molar-refractivity contribution in [3.63, 3.8) is 0 Å². The monoisotopic (exact) mass is 423 g/mol. The first-order valence-electron chi connectivity index (χ1n) is 8.58. The maximum atomic E-state index is 12.2. The van der Waals surface area contributed by atoms with E-state index in [1.807, 2.05) is 60.7 Å². The number of hydrogen-bond donors (Lipinski definition) is 3. The van der Waals surface area contributed by atoms with Crippen LogP contribution < -0.4 is 10.6 Å². The van der Waals surface area contributed by atoms with Crippen LogP contribution in [-0.4, -0.2) is 27.0 Å². The molecule has 1 amide bonds. The lowest BCUT2D eigenvalue weighted by molar-refractivity contribution is -0.117. The smallest absolute Gasteiger partial charge is 0.265 e. The first-order valence-corrected chi connectivity index (χ1v) is 10.4. The van der Waals surface area contributed by atoms with Gasteiger partial charge in [-0.15, -0.1) is 10.2 Å². The average molecular weight is 424 g/mol. The third-order valence-electron chi connectivity index (χ3n) is 3.69. The molecule has 0 saturated heterocycles. The minimum absolute atomic E-state index is 0.0433. The summed E-state index contributed by atoms with van der Waals surface area (Å²) >= 11 is 2.52. The summed E-state index contributed by atoms with van der Waals surface area (Å²) in [7, 11) is 0. The van der Waals surface area contributed by atoms with E-state index in [1.165, 1.54) is 23.1 Å². The normalized spacial score (nSPS) is 11.3. The molecule has 0 unspecified atom stereocenters. The molecule has 1 heterocycles. The third kappa shape index (κ3) is 6.07. The van der Waals surface area contributed by atoms with Gasteiger partial charge in [-0.1, -0.05) is 71.6 Å². The molecule has 0 fully saturated rings. The Balaban J connectivity index is 1.56. The van der Waals surface area contributed by atoms with Gasteiger partial charge in [-0.25, -0.2) is 0 Å². The quantitative estimate of drug-likeness (QED) is 0.217. The first kappa shape index (κ1) is 20.4. The lowest BCUT2D eigenvalue weighted by Gasteiger charge is -2.06. The standard InChI is InChI=1S/C20H17N5O2S2/c21-11-16(18(27)22-12-14-7-3-1-4-8-14)17(26)13-28-20-25-24-19(29-20)23-15-9-5-2-6-10-15/h1-10,26H,12-13H2,(H,22,27)(H,23,24). The van der Waals surface area contributed by atoms with Gasteiger partial charge in [-0.05, 0) is 17.7 Å². The van der Waals surface area contributed by atoms with Crippen LogP contribution in [0.5, 0.6) is 0 Å². The summed E-state index contributed by atoms with van der Waals surface area (Å²) < 4.78 is 0.608. The molecule has 7 nitrogen and oxygen atoms in total. The molecular formula is C20H17N5O2S2.